The van der Waals surface area contributed by atoms with E-state index in [1.54, 1.807) is 19.1 Å². The maximum Gasteiger partial charge on any atom is 0.232 e. The summed E-state index contributed by atoms with van der Waals surface area (Å²) < 4.78 is 11.1. The highest BCUT2D eigenvalue weighted by molar-refractivity contribution is 6.06. The molecule has 0 spiro atoms. The Morgan fingerprint density at radius 3 is 2.38 bits per heavy atom. The van der Waals surface area contributed by atoms with Crippen LogP contribution in [0.3, 0.4) is 0 Å². The van der Waals surface area contributed by atoms with Crippen molar-refractivity contribution in [3.05, 3.63) is 95.2 Å². The van der Waals surface area contributed by atoms with Crippen molar-refractivity contribution >= 4 is 23.1 Å². The number of methoxy groups -OCH3 is 2. The topological polar surface area (TPSA) is 67.9 Å². The quantitative estimate of drug-likeness (QED) is 0.463. The molecule has 1 N–H and O–H groups in total. The minimum atomic E-state index is -0.620. The summed E-state index contributed by atoms with van der Waals surface area (Å²) >= 11 is 0. The second-order valence-corrected chi connectivity index (χ2v) is 10.4. The van der Waals surface area contributed by atoms with Crippen molar-refractivity contribution in [2.45, 2.75) is 39.2 Å². The molecule has 190 valence electrons. The van der Waals surface area contributed by atoms with Gasteiger partial charge in [-0.3, -0.25) is 14.5 Å². The van der Waals surface area contributed by atoms with E-state index in [0.717, 1.165) is 28.2 Å². The Morgan fingerprint density at radius 1 is 0.946 bits per heavy atom. The van der Waals surface area contributed by atoms with Crippen molar-refractivity contribution in [2.75, 3.05) is 24.4 Å². The number of anilines is 2. The van der Waals surface area contributed by atoms with Crippen molar-refractivity contribution in [3.63, 3.8) is 0 Å². The van der Waals surface area contributed by atoms with Gasteiger partial charge in [0.05, 0.1) is 38.1 Å². The number of fused-ring (bicyclic) bond motifs is 1. The van der Waals surface area contributed by atoms with Crippen molar-refractivity contribution in [3.8, 4) is 11.5 Å². The monoisotopic (exact) mass is 496 g/mol. The van der Waals surface area contributed by atoms with Crippen LogP contribution in [0.15, 0.2) is 84.1 Å². The number of ketones is 1. The van der Waals surface area contributed by atoms with Gasteiger partial charge in [-0.25, -0.2) is 0 Å². The summed E-state index contributed by atoms with van der Waals surface area (Å²) in [4.78, 5) is 29.8. The number of carbonyl (C=O) groups is 2. The van der Waals surface area contributed by atoms with Gasteiger partial charge in [0.2, 0.25) is 5.91 Å². The number of hydrogen-bond donors (Lipinski definition) is 1. The molecule has 6 nitrogen and oxygen atoms in total. The van der Waals surface area contributed by atoms with E-state index in [0.29, 0.717) is 29.9 Å². The fourth-order valence-corrected chi connectivity index (χ4v) is 5.46. The highest BCUT2D eigenvalue weighted by Crippen LogP contribution is 2.49. The van der Waals surface area contributed by atoms with Crippen LogP contribution in [-0.2, 0) is 16.0 Å². The molecule has 3 aromatic rings. The lowest BCUT2D eigenvalue weighted by atomic mass is 9.73. The molecule has 0 radical (unpaired) electrons. The summed E-state index contributed by atoms with van der Waals surface area (Å²) in [5, 5.41) is 3.56. The van der Waals surface area contributed by atoms with Crippen molar-refractivity contribution in [1.82, 2.24) is 0 Å². The van der Waals surface area contributed by atoms with Gasteiger partial charge in [0.25, 0.3) is 0 Å². The molecule has 0 saturated heterocycles. The van der Waals surface area contributed by atoms with E-state index >= 15 is 0 Å². The predicted molar refractivity (Wildman–Crippen MR) is 145 cm³/mol. The number of carbonyl (C=O) groups excluding carboxylic acids is 2. The van der Waals surface area contributed by atoms with Gasteiger partial charge in [0.15, 0.2) is 17.3 Å². The second kappa shape index (κ2) is 9.77. The molecule has 37 heavy (non-hydrogen) atoms. The molecule has 2 aliphatic rings. The molecule has 5 rings (SSSR count). The minimum Gasteiger partial charge on any atom is -0.493 e. The third-order valence-electron chi connectivity index (χ3n) is 7.09. The zero-order valence-electron chi connectivity index (χ0n) is 21.7. The number of ether oxygens (including phenoxy) is 2. The van der Waals surface area contributed by atoms with Gasteiger partial charge in [-0.2, -0.15) is 0 Å². The Bertz CT molecular complexity index is 1380. The molecule has 1 aliphatic heterocycles. The molecular weight excluding hydrogens is 464 g/mol. The van der Waals surface area contributed by atoms with Gasteiger partial charge < -0.3 is 14.8 Å². The number of rotatable bonds is 5. The number of hydrogen-bond acceptors (Lipinski definition) is 5. The number of nitrogens with zero attached hydrogens (tertiary/aromatic N) is 1. The van der Waals surface area contributed by atoms with E-state index in [-0.39, 0.29) is 23.5 Å². The van der Waals surface area contributed by atoms with Gasteiger partial charge in [-0.05, 0) is 47.2 Å². The molecule has 6 heteroatoms. The molecule has 1 aliphatic carbocycles. The standard InChI is InChI=1S/C31H32N2O4/c1-31(2)18-23-29(25(34)19-31)30(21-14-15-26(36-3)27(17-21)37-4)33(24-13-9-8-12-22(24)32-23)28(35)16-20-10-6-5-7-11-20/h5-15,17,30,32H,16,18-19H2,1-4H3/t30-/m1/s1. The number of amides is 1. The van der Waals surface area contributed by atoms with Gasteiger partial charge >= 0.3 is 0 Å². The molecule has 0 aromatic heterocycles. The summed E-state index contributed by atoms with van der Waals surface area (Å²) in [6.07, 6.45) is 1.32. The fourth-order valence-electron chi connectivity index (χ4n) is 5.46. The Hall–Kier alpha value is -4.06. The van der Waals surface area contributed by atoms with Gasteiger partial charge in [0, 0.05) is 17.7 Å². The molecule has 1 amide bonds. The fraction of sp³-hybridized carbons (Fsp3) is 0.290. The van der Waals surface area contributed by atoms with Crippen LogP contribution in [0, 0.1) is 5.41 Å². The van der Waals surface area contributed by atoms with Crippen LogP contribution in [0.4, 0.5) is 11.4 Å². The second-order valence-electron chi connectivity index (χ2n) is 10.4. The maximum absolute atomic E-state index is 14.2. The summed E-state index contributed by atoms with van der Waals surface area (Å²) in [5.74, 6) is 1.09. The van der Waals surface area contributed by atoms with Crippen molar-refractivity contribution in [1.29, 1.82) is 0 Å². The van der Waals surface area contributed by atoms with E-state index in [4.69, 9.17) is 9.47 Å². The lowest BCUT2D eigenvalue weighted by Crippen LogP contribution is -2.40. The van der Waals surface area contributed by atoms with E-state index in [1.165, 1.54) is 0 Å². The Labute approximate surface area is 217 Å². The number of allylic oxidation sites excluding steroid dienone is 1. The zero-order chi connectivity index (χ0) is 26.2. The maximum atomic E-state index is 14.2. The van der Waals surface area contributed by atoms with E-state index in [1.807, 2.05) is 72.8 Å². The van der Waals surface area contributed by atoms with E-state index in [9.17, 15) is 9.59 Å². The molecule has 1 atom stereocenters. The molecule has 1 heterocycles. The normalized spacial score (nSPS) is 18.3. The van der Waals surface area contributed by atoms with Crippen LogP contribution in [0.25, 0.3) is 0 Å². The number of nitrogens with one attached hydrogen (secondary N) is 1. The van der Waals surface area contributed by atoms with Gasteiger partial charge in [-0.15, -0.1) is 0 Å². The summed E-state index contributed by atoms with van der Waals surface area (Å²) in [5.41, 5.74) is 4.56. The first-order valence-corrected chi connectivity index (χ1v) is 12.5. The third kappa shape index (κ3) is 4.71. The third-order valence-corrected chi connectivity index (χ3v) is 7.09. The van der Waals surface area contributed by atoms with Gasteiger partial charge in [0.1, 0.15) is 0 Å². The minimum absolute atomic E-state index is 0.0452. The smallest absolute Gasteiger partial charge is 0.232 e. The Morgan fingerprint density at radius 2 is 1.65 bits per heavy atom. The largest absolute Gasteiger partial charge is 0.493 e. The first-order chi connectivity index (χ1) is 17.8. The number of Topliss-reactive ketones (excluding diaryl/α,β-unsaturated/α-hetero) is 1. The molecule has 0 bridgehead atoms. The Balaban J connectivity index is 1.74. The molecule has 0 saturated carbocycles. The lowest BCUT2D eigenvalue weighted by Gasteiger charge is -2.37. The average molecular weight is 497 g/mol. The number of para-hydroxylation sites is 2. The van der Waals surface area contributed by atoms with Crippen LogP contribution >= 0.6 is 0 Å². The van der Waals surface area contributed by atoms with E-state index in [2.05, 4.69) is 19.2 Å². The highest BCUT2D eigenvalue weighted by atomic mass is 16.5. The van der Waals surface area contributed by atoms with Crippen LogP contribution < -0.4 is 19.7 Å². The van der Waals surface area contributed by atoms with E-state index < -0.39 is 6.04 Å². The molecule has 0 unspecified atom stereocenters. The molecule has 3 aromatic carbocycles. The van der Waals surface area contributed by atoms with Crippen LogP contribution in [-0.4, -0.2) is 25.9 Å². The summed E-state index contributed by atoms with van der Waals surface area (Å²) in [7, 11) is 3.18. The molecule has 0 fully saturated rings. The first kappa shape index (κ1) is 24.6. The summed E-state index contributed by atoms with van der Waals surface area (Å²) in [6.45, 7) is 4.22. The van der Waals surface area contributed by atoms with Gasteiger partial charge in [-0.1, -0.05) is 62.4 Å². The highest BCUT2D eigenvalue weighted by Gasteiger charge is 2.43. The van der Waals surface area contributed by atoms with Crippen LogP contribution in [0.2, 0.25) is 0 Å². The summed E-state index contributed by atoms with van der Waals surface area (Å²) in [6, 6.07) is 22.5. The lowest BCUT2D eigenvalue weighted by molar-refractivity contribution is -0.119. The predicted octanol–water partition coefficient (Wildman–Crippen LogP) is 6.09. The first-order valence-electron chi connectivity index (χ1n) is 12.5. The van der Waals surface area contributed by atoms with Crippen molar-refractivity contribution in [2.24, 2.45) is 5.41 Å². The van der Waals surface area contributed by atoms with Crippen LogP contribution in [0.1, 0.15) is 43.9 Å². The zero-order valence-corrected chi connectivity index (χ0v) is 21.7. The average Bonchev–Trinajstić information content (AvgIpc) is 3.02. The van der Waals surface area contributed by atoms with Crippen LogP contribution in [0.5, 0.6) is 11.5 Å². The SMILES string of the molecule is COc1ccc([C@@H]2C3=C(CC(C)(C)CC3=O)Nc3ccccc3N2C(=O)Cc2ccccc2)cc1OC. The number of benzene rings is 3. The molecular formula is C31H32N2O4. The van der Waals surface area contributed by atoms with Crippen molar-refractivity contribution < 1.29 is 19.1 Å². The Kier molecular flexibility index (Phi) is 6.50.